The van der Waals surface area contributed by atoms with E-state index in [2.05, 4.69) is 10.2 Å². The van der Waals surface area contributed by atoms with E-state index in [-0.39, 0.29) is 0 Å². The molecular formula is C3H3N3O2. The van der Waals surface area contributed by atoms with E-state index in [4.69, 9.17) is 0 Å². The molecule has 0 fully saturated rings. The molecule has 0 atom stereocenters. The smallest absolute Gasteiger partial charge is 0.263 e. The Balaban J connectivity index is 2.62. The fraction of sp³-hybridized carbons (Fsp3) is 0.333. The van der Waals surface area contributed by atoms with E-state index in [0.717, 1.165) is 0 Å². The maximum Gasteiger partial charge on any atom is 0.286 e. The summed E-state index contributed by atoms with van der Waals surface area (Å²) in [7, 11) is 0. The Bertz CT molecular complexity index is 150. The summed E-state index contributed by atoms with van der Waals surface area (Å²) in [5.74, 6) is 0. The minimum absolute atomic E-state index is 0.458. The van der Waals surface area contributed by atoms with Crippen molar-refractivity contribution < 1.29 is 4.92 Å². The Labute approximate surface area is 44.9 Å². The highest BCUT2D eigenvalue weighted by molar-refractivity contribution is 5.89. The zero-order valence-corrected chi connectivity index (χ0v) is 3.89. The first-order chi connectivity index (χ1) is 3.80. The van der Waals surface area contributed by atoms with Gasteiger partial charge in [-0.05, 0) is 0 Å². The van der Waals surface area contributed by atoms with Crippen LogP contribution in [0.1, 0.15) is 0 Å². The molecule has 0 aliphatic carbocycles. The maximum atomic E-state index is 9.82. The minimum Gasteiger partial charge on any atom is -0.263 e. The standard InChI is InChI=1S/C3H3N3O2/c7-6(8)3-1-4-5-2-3/h1-3H. The Hall–Kier alpha value is -1.26. The molecule has 0 aromatic rings. The van der Waals surface area contributed by atoms with Gasteiger partial charge in [-0.15, -0.1) is 0 Å². The van der Waals surface area contributed by atoms with Gasteiger partial charge >= 0.3 is 0 Å². The van der Waals surface area contributed by atoms with Crippen LogP contribution in [0.15, 0.2) is 10.2 Å². The monoisotopic (exact) mass is 113 g/mol. The van der Waals surface area contributed by atoms with Crippen LogP contribution >= 0.6 is 0 Å². The summed E-state index contributed by atoms with van der Waals surface area (Å²) in [6, 6.07) is -0.796. The molecule has 5 nitrogen and oxygen atoms in total. The summed E-state index contributed by atoms with van der Waals surface area (Å²) in [6.45, 7) is 0. The molecule has 0 N–H and O–H groups in total. The van der Waals surface area contributed by atoms with Gasteiger partial charge in [-0.3, -0.25) is 10.1 Å². The van der Waals surface area contributed by atoms with Crippen molar-refractivity contribution in [1.82, 2.24) is 0 Å². The Morgan fingerprint density at radius 1 is 1.50 bits per heavy atom. The van der Waals surface area contributed by atoms with E-state index in [1.54, 1.807) is 0 Å². The summed E-state index contributed by atoms with van der Waals surface area (Å²) in [4.78, 5) is 9.37. The molecule has 0 amide bonds. The van der Waals surface area contributed by atoms with Gasteiger partial charge in [0.05, 0.1) is 0 Å². The Morgan fingerprint density at radius 3 is 2.25 bits per heavy atom. The van der Waals surface area contributed by atoms with Gasteiger partial charge in [0.1, 0.15) is 12.4 Å². The van der Waals surface area contributed by atoms with Crippen molar-refractivity contribution >= 4 is 12.4 Å². The van der Waals surface area contributed by atoms with Gasteiger partial charge in [-0.1, -0.05) is 0 Å². The highest BCUT2D eigenvalue weighted by Gasteiger charge is 2.16. The normalized spacial score (nSPS) is 17.5. The third kappa shape index (κ3) is 0.699. The van der Waals surface area contributed by atoms with Crippen LogP contribution in [0.25, 0.3) is 0 Å². The molecule has 8 heavy (non-hydrogen) atoms. The molecule has 1 aliphatic heterocycles. The molecule has 0 unspecified atom stereocenters. The van der Waals surface area contributed by atoms with E-state index in [0.29, 0.717) is 0 Å². The van der Waals surface area contributed by atoms with Crippen molar-refractivity contribution in [2.75, 3.05) is 0 Å². The largest absolute Gasteiger partial charge is 0.286 e. The Morgan fingerprint density at radius 2 is 2.00 bits per heavy atom. The van der Waals surface area contributed by atoms with Crippen molar-refractivity contribution in [3.8, 4) is 0 Å². The van der Waals surface area contributed by atoms with Crippen molar-refractivity contribution in [3.05, 3.63) is 10.1 Å². The van der Waals surface area contributed by atoms with Crippen LogP contribution in [0.5, 0.6) is 0 Å². The number of nitrogens with zero attached hydrogens (tertiary/aromatic N) is 3. The molecule has 0 radical (unpaired) electrons. The zero-order valence-electron chi connectivity index (χ0n) is 3.89. The Kier molecular flexibility index (Phi) is 1.03. The van der Waals surface area contributed by atoms with Gasteiger partial charge in [0.15, 0.2) is 0 Å². The lowest BCUT2D eigenvalue weighted by Crippen LogP contribution is -2.19. The van der Waals surface area contributed by atoms with Crippen LogP contribution in [0.3, 0.4) is 0 Å². The number of nitro groups is 1. The van der Waals surface area contributed by atoms with E-state index in [9.17, 15) is 10.1 Å². The van der Waals surface area contributed by atoms with Crippen LogP contribution < -0.4 is 0 Å². The quantitative estimate of drug-likeness (QED) is 0.346. The fourth-order valence-corrected chi connectivity index (χ4v) is 0.361. The van der Waals surface area contributed by atoms with Crippen molar-refractivity contribution in [1.29, 1.82) is 0 Å². The number of rotatable bonds is 1. The first kappa shape index (κ1) is 4.89. The van der Waals surface area contributed by atoms with E-state index in [1.807, 2.05) is 0 Å². The lowest BCUT2D eigenvalue weighted by Gasteiger charge is -1.87. The molecule has 0 aromatic heterocycles. The molecule has 5 heteroatoms. The first-order valence-electron chi connectivity index (χ1n) is 2.01. The average Bonchev–Trinajstić information content (AvgIpc) is 2.12. The number of hydrogen-bond acceptors (Lipinski definition) is 4. The highest BCUT2D eigenvalue weighted by Crippen LogP contribution is 1.89. The number of hydrogen-bond donors (Lipinski definition) is 0. The molecule has 0 saturated heterocycles. The van der Waals surface area contributed by atoms with Crippen LogP contribution in [0.2, 0.25) is 0 Å². The molecule has 1 aliphatic rings. The van der Waals surface area contributed by atoms with Crippen LogP contribution in [0.4, 0.5) is 0 Å². The van der Waals surface area contributed by atoms with Crippen LogP contribution in [-0.2, 0) is 0 Å². The van der Waals surface area contributed by atoms with Gasteiger partial charge in [0.2, 0.25) is 0 Å². The van der Waals surface area contributed by atoms with Crippen molar-refractivity contribution in [2.45, 2.75) is 6.04 Å². The summed E-state index contributed by atoms with van der Waals surface area (Å²) in [5, 5.41) is 16.4. The zero-order chi connectivity index (χ0) is 5.98. The van der Waals surface area contributed by atoms with Crippen molar-refractivity contribution in [3.63, 3.8) is 0 Å². The molecule has 0 spiro atoms. The second-order valence-corrected chi connectivity index (χ2v) is 1.31. The van der Waals surface area contributed by atoms with Crippen LogP contribution in [-0.4, -0.2) is 23.4 Å². The molecule has 42 valence electrons. The molecule has 1 rings (SSSR count). The second-order valence-electron chi connectivity index (χ2n) is 1.31. The predicted molar refractivity (Wildman–Crippen MR) is 27.8 cm³/mol. The molecule has 0 aromatic carbocycles. The van der Waals surface area contributed by atoms with Gasteiger partial charge < -0.3 is 0 Å². The third-order valence-corrected chi connectivity index (χ3v) is 0.749. The lowest BCUT2D eigenvalue weighted by molar-refractivity contribution is -0.481. The summed E-state index contributed by atoms with van der Waals surface area (Å²) in [5.41, 5.74) is 0. The molecular weight excluding hydrogens is 110 g/mol. The minimum atomic E-state index is -0.796. The van der Waals surface area contributed by atoms with Gasteiger partial charge in [0, 0.05) is 4.92 Å². The van der Waals surface area contributed by atoms with Gasteiger partial charge in [0.25, 0.3) is 6.04 Å². The van der Waals surface area contributed by atoms with Crippen LogP contribution in [0, 0.1) is 10.1 Å². The SMILES string of the molecule is O=[N+]([O-])C1C=NN=C1. The summed E-state index contributed by atoms with van der Waals surface area (Å²) in [6.07, 6.45) is 2.36. The topological polar surface area (TPSA) is 67.9 Å². The lowest BCUT2D eigenvalue weighted by atomic mass is 10.4. The average molecular weight is 113 g/mol. The molecule has 0 saturated carbocycles. The maximum absolute atomic E-state index is 9.82. The highest BCUT2D eigenvalue weighted by atomic mass is 16.6. The second kappa shape index (κ2) is 1.69. The van der Waals surface area contributed by atoms with Gasteiger partial charge in [-0.25, -0.2) is 0 Å². The molecule has 1 heterocycles. The van der Waals surface area contributed by atoms with Crippen molar-refractivity contribution in [2.24, 2.45) is 10.2 Å². The predicted octanol–water partition coefficient (Wildman–Crippen LogP) is -0.298. The summed E-state index contributed by atoms with van der Waals surface area (Å²) >= 11 is 0. The summed E-state index contributed by atoms with van der Waals surface area (Å²) < 4.78 is 0. The first-order valence-corrected chi connectivity index (χ1v) is 2.01. The van der Waals surface area contributed by atoms with Gasteiger partial charge in [-0.2, -0.15) is 10.2 Å². The van der Waals surface area contributed by atoms with E-state index >= 15 is 0 Å². The van der Waals surface area contributed by atoms with E-state index < -0.39 is 11.0 Å². The van der Waals surface area contributed by atoms with E-state index in [1.165, 1.54) is 12.4 Å². The fourth-order valence-electron chi connectivity index (χ4n) is 0.361. The molecule has 0 bridgehead atoms. The third-order valence-electron chi connectivity index (χ3n) is 0.749.